The zero-order valence-electron chi connectivity index (χ0n) is 16.2. The molecule has 0 aliphatic rings. The van der Waals surface area contributed by atoms with E-state index < -0.39 is 17.3 Å². The highest BCUT2D eigenvalue weighted by Gasteiger charge is 2.25. The Morgan fingerprint density at radius 1 is 1.27 bits per heavy atom. The maximum atomic E-state index is 14.3. The van der Waals surface area contributed by atoms with Gasteiger partial charge in [0, 0.05) is 22.9 Å². The number of carbonyl (C=O) groups excluding carboxylic acids is 1. The number of hydrogen-bond donors (Lipinski definition) is 2. The van der Waals surface area contributed by atoms with E-state index in [-0.39, 0.29) is 12.3 Å². The Balaban J connectivity index is 1.59. The summed E-state index contributed by atoms with van der Waals surface area (Å²) in [7, 11) is 0. The molecule has 0 spiro atoms. The molecule has 7 heteroatoms. The van der Waals surface area contributed by atoms with E-state index in [4.69, 9.17) is 16.3 Å². The van der Waals surface area contributed by atoms with Crippen LogP contribution in [0.15, 0.2) is 73.1 Å². The minimum atomic E-state index is -1.33. The summed E-state index contributed by atoms with van der Waals surface area (Å²) >= 11 is 6.11. The van der Waals surface area contributed by atoms with Crippen LogP contribution < -0.4 is 10.1 Å². The van der Waals surface area contributed by atoms with Crippen LogP contribution in [0.4, 0.5) is 4.39 Å². The largest absolute Gasteiger partial charge is 0.453 e. The van der Waals surface area contributed by atoms with E-state index in [1.807, 2.05) is 0 Å². The van der Waals surface area contributed by atoms with Crippen molar-refractivity contribution < 1.29 is 19.0 Å². The van der Waals surface area contributed by atoms with Crippen molar-refractivity contribution in [2.75, 3.05) is 6.54 Å². The maximum Gasteiger partial charge on any atom is 0.244 e. The number of amides is 1. The Morgan fingerprint density at radius 3 is 2.77 bits per heavy atom. The number of halogens is 2. The second kappa shape index (κ2) is 9.52. The molecule has 1 aromatic heterocycles. The van der Waals surface area contributed by atoms with Gasteiger partial charge in [0.25, 0.3) is 0 Å². The molecule has 0 saturated carbocycles. The average molecular weight is 427 g/mol. The maximum absolute atomic E-state index is 14.3. The number of nitrogens with one attached hydrogen (secondary N) is 1. The average Bonchev–Trinajstić information content (AvgIpc) is 2.73. The van der Waals surface area contributed by atoms with Gasteiger partial charge >= 0.3 is 0 Å². The van der Waals surface area contributed by atoms with E-state index in [9.17, 15) is 14.3 Å². The van der Waals surface area contributed by atoms with E-state index in [1.54, 1.807) is 55.6 Å². The minimum Gasteiger partial charge on any atom is -0.453 e. The lowest BCUT2D eigenvalue weighted by Gasteiger charge is -2.25. The van der Waals surface area contributed by atoms with E-state index >= 15 is 0 Å². The third-order valence-electron chi connectivity index (χ3n) is 4.31. The first-order valence-corrected chi connectivity index (χ1v) is 9.54. The Morgan fingerprint density at radius 2 is 2.07 bits per heavy atom. The Hall–Kier alpha value is -3.22. The van der Waals surface area contributed by atoms with Crippen LogP contribution in [-0.4, -0.2) is 22.5 Å². The highest BCUT2D eigenvalue weighted by molar-refractivity contribution is 6.31. The van der Waals surface area contributed by atoms with Gasteiger partial charge in [-0.25, -0.2) is 4.39 Å². The Labute approximate surface area is 178 Å². The molecule has 0 aliphatic carbocycles. The van der Waals surface area contributed by atoms with Gasteiger partial charge in [0.05, 0.1) is 12.7 Å². The molecule has 154 valence electrons. The van der Waals surface area contributed by atoms with Crippen LogP contribution in [0.25, 0.3) is 6.08 Å². The molecule has 3 rings (SSSR count). The fraction of sp³-hybridized carbons (Fsp3) is 0.130. The molecule has 0 aliphatic heterocycles. The summed E-state index contributed by atoms with van der Waals surface area (Å²) in [6, 6.07) is 14.6. The van der Waals surface area contributed by atoms with Crippen molar-refractivity contribution in [3.05, 3.63) is 95.0 Å². The minimum absolute atomic E-state index is 0.0356. The number of aliphatic hydroxyl groups is 1. The number of hydrogen-bond acceptors (Lipinski definition) is 4. The molecular weight excluding hydrogens is 407 g/mol. The molecule has 0 fully saturated rings. The lowest BCUT2D eigenvalue weighted by atomic mass is 9.96. The summed E-state index contributed by atoms with van der Waals surface area (Å²) in [5.74, 6) is -0.522. The van der Waals surface area contributed by atoms with E-state index in [0.29, 0.717) is 21.9 Å². The van der Waals surface area contributed by atoms with Gasteiger partial charge in [-0.15, -0.1) is 0 Å². The number of rotatable bonds is 7. The van der Waals surface area contributed by atoms with Gasteiger partial charge in [-0.3, -0.25) is 9.78 Å². The number of aromatic nitrogens is 1. The van der Waals surface area contributed by atoms with Crippen LogP contribution in [-0.2, 0) is 10.4 Å². The molecule has 1 atom stereocenters. The zero-order valence-corrected chi connectivity index (χ0v) is 16.9. The number of benzene rings is 2. The van der Waals surface area contributed by atoms with E-state index in [1.165, 1.54) is 30.5 Å². The second-order valence-electron chi connectivity index (χ2n) is 6.79. The lowest BCUT2D eigenvalue weighted by Crippen LogP contribution is -2.38. The summed E-state index contributed by atoms with van der Waals surface area (Å²) in [5.41, 5.74) is -0.333. The molecule has 1 heterocycles. The Bertz CT molecular complexity index is 1060. The molecule has 3 aromatic rings. The van der Waals surface area contributed by atoms with Crippen LogP contribution in [0.1, 0.15) is 18.1 Å². The number of carbonyl (C=O) groups is 1. The topological polar surface area (TPSA) is 71.5 Å². The number of nitrogens with zero attached hydrogens (tertiary/aromatic N) is 1. The van der Waals surface area contributed by atoms with E-state index in [0.717, 1.165) is 0 Å². The number of ether oxygens (including phenoxy) is 1. The number of pyridine rings is 1. The molecule has 0 saturated heterocycles. The first-order valence-electron chi connectivity index (χ1n) is 9.16. The van der Waals surface area contributed by atoms with Crippen molar-refractivity contribution in [1.29, 1.82) is 0 Å². The normalized spacial score (nSPS) is 13.1. The van der Waals surface area contributed by atoms with Crippen LogP contribution in [0.3, 0.4) is 0 Å². The van der Waals surface area contributed by atoms with Gasteiger partial charge in [-0.2, -0.15) is 0 Å². The summed E-state index contributed by atoms with van der Waals surface area (Å²) in [4.78, 5) is 16.0. The smallest absolute Gasteiger partial charge is 0.244 e. The van der Waals surface area contributed by atoms with Crippen molar-refractivity contribution >= 4 is 23.6 Å². The highest BCUT2D eigenvalue weighted by Crippen LogP contribution is 2.27. The molecule has 5 nitrogen and oxygen atoms in total. The fourth-order valence-electron chi connectivity index (χ4n) is 2.72. The SMILES string of the molecule is CC(O)(CNC(=O)/C=C/c1ccc(Oc2cccnc2)c(F)c1)c1ccccc1Cl. The standard InChI is InChI=1S/C23H20ClFN2O3/c1-23(29,18-6-2-3-7-19(18)24)15-27-22(28)11-9-16-8-10-21(20(25)13-16)30-17-5-4-12-26-14-17/h2-14,29H,15H2,1H3,(H,27,28)/b11-9+. The van der Waals surface area contributed by atoms with Gasteiger partial charge in [-0.1, -0.05) is 35.9 Å². The third kappa shape index (κ3) is 5.65. The van der Waals surface area contributed by atoms with Gasteiger partial charge in [0.1, 0.15) is 11.4 Å². The van der Waals surface area contributed by atoms with Crippen molar-refractivity contribution in [3.8, 4) is 11.5 Å². The van der Waals surface area contributed by atoms with E-state index in [2.05, 4.69) is 10.3 Å². The molecule has 1 unspecified atom stereocenters. The van der Waals surface area contributed by atoms with Gasteiger partial charge in [-0.05, 0) is 48.9 Å². The van der Waals surface area contributed by atoms with Gasteiger partial charge < -0.3 is 15.2 Å². The highest BCUT2D eigenvalue weighted by atomic mass is 35.5. The van der Waals surface area contributed by atoms with Crippen LogP contribution >= 0.6 is 11.6 Å². The molecule has 1 amide bonds. The molecular formula is C23H20ClFN2O3. The molecule has 0 radical (unpaired) electrons. The quantitative estimate of drug-likeness (QED) is 0.537. The van der Waals surface area contributed by atoms with Gasteiger partial charge in [0.2, 0.25) is 5.91 Å². The van der Waals surface area contributed by atoms with Crippen LogP contribution in [0, 0.1) is 5.82 Å². The van der Waals surface area contributed by atoms with Crippen molar-refractivity contribution in [1.82, 2.24) is 10.3 Å². The molecule has 2 N–H and O–H groups in total. The second-order valence-corrected chi connectivity index (χ2v) is 7.19. The monoisotopic (exact) mass is 426 g/mol. The molecule has 2 aromatic carbocycles. The van der Waals surface area contributed by atoms with Crippen molar-refractivity contribution in [3.63, 3.8) is 0 Å². The molecule has 0 bridgehead atoms. The zero-order chi connectivity index (χ0) is 21.6. The first kappa shape index (κ1) is 21.5. The van der Waals surface area contributed by atoms with Crippen molar-refractivity contribution in [2.24, 2.45) is 0 Å². The predicted octanol–water partition coefficient (Wildman–Crippen LogP) is 4.70. The Kier molecular flexibility index (Phi) is 6.82. The lowest BCUT2D eigenvalue weighted by molar-refractivity contribution is -0.117. The summed E-state index contributed by atoms with van der Waals surface area (Å²) in [5, 5.41) is 13.6. The summed E-state index contributed by atoms with van der Waals surface area (Å²) in [6.07, 6.45) is 5.81. The fourth-order valence-corrected chi connectivity index (χ4v) is 3.06. The summed E-state index contributed by atoms with van der Waals surface area (Å²) in [6.45, 7) is 1.53. The van der Waals surface area contributed by atoms with Crippen molar-refractivity contribution in [2.45, 2.75) is 12.5 Å². The van der Waals surface area contributed by atoms with Crippen LogP contribution in [0.2, 0.25) is 5.02 Å². The van der Waals surface area contributed by atoms with Gasteiger partial charge in [0.15, 0.2) is 11.6 Å². The third-order valence-corrected chi connectivity index (χ3v) is 4.64. The first-order chi connectivity index (χ1) is 14.3. The predicted molar refractivity (Wildman–Crippen MR) is 114 cm³/mol. The molecule has 30 heavy (non-hydrogen) atoms. The summed E-state index contributed by atoms with van der Waals surface area (Å²) < 4.78 is 19.7. The van der Waals surface area contributed by atoms with Crippen LogP contribution in [0.5, 0.6) is 11.5 Å².